The maximum atomic E-state index is 2.74. The van der Waals surface area contributed by atoms with Gasteiger partial charge in [-0.15, -0.1) is 22.7 Å². The van der Waals surface area contributed by atoms with E-state index in [0.717, 1.165) is 44.2 Å². The largest absolute Gasteiger partial charge is 0.311 e. The van der Waals surface area contributed by atoms with E-state index >= 15 is 0 Å². The first kappa shape index (κ1) is 47.3. The fourth-order valence-electron chi connectivity index (χ4n) is 13.5. The topological polar surface area (TPSA) is 11.4 Å². The Balaban J connectivity index is 1.09. The predicted molar refractivity (Wildman–Crippen MR) is 342 cm³/mol. The Morgan fingerprint density at radius 3 is 1.49 bits per heavy atom. The van der Waals surface area contributed by atoms with E-state index in [1.165, 1.54) is 140 Å². The van der Waals surface area contributed by atoms with Crippen LogP contribution in [0.5, 0.6) is 0 Å². The van der Waals surface area contributed by atoms with Crippen LogP contribution in [0, 0.1) is 0 Å². The highest BCUT2D eigenvalue weighted by Gasteiger charge is 2.45. The SMILES string of the molecule is CCCCc1c(N2c3ccc(-c4ccccc4)cc3B3c4ccc(-n5c6ccccc6c6ccccc65)cc4N(c4ccc5sc6ccccc6c5c4CCCC)c4cc(C(C)(C)C)cc2c43)ccc2sc3ccccc3c12. The van der Waals surface area contributed by atoms with E-state index in [2.05, 4.69) is 249 Å². The molecule has 0 spiro atoms. The van der Waals surface area contributed by atoms with Crippen LogP contribution in [0.1, 0.15) is 77.0 Å². The molecule has 3 aromatic heterocycles. The van der Waals surface area contributed by atoms with Gasteiger partial charge in [0.1, 0.15) is 0 Å². The molecule has 2 aliphatic rings. The van der Waals surface area contributed by atoms with E-state index in [4.69, 9.17) is 0 Å². The van der Waals surface area contributed by atoms with Crippen molar-refractivity contribution in [1.29, 1.82) is 0 Å². The van der Waals surface area contributed by atoms with E-state index in [-0.39, 0.29) is 12.1 Å². The second kappa shape index (κ2) is 18.4. The Morgan fingerprint density at radius 1 is 0.410 bits per heavy atom. The van der Waals surface area contributed by atoms with Crippen LogP contribution in [0.15, 0.2) is 200 Å². The summed E-state index contributed by atoms with van der Waals surface area (Å²) in [5, 5.41) is 8.07. The second-order valence-corrected chi connectivity index (χ2v) is 25.0. The summed E-state index contributed by atoms with van der Waals surface area (Å²) in [6, 6.07) is 77.0. The van der Waals surface area contributed by atoms with Gasteiger partial charge in [-0.2, -0.15) is 0 Å². The van der Waals surface area contributed by atoms with Crippen molar-refractivity contribution in [2.45, 2.75) is 78.6 Å². The number of benzene rings is 10. The zero-order valence-corrected chi connectivity index (χ0v) is 46.7. The smallest absolute Gasteiger partial charge is 0.252 e. The third-order valence-electron chi connectivity index (χ3n) is 17.2. The molecule has 78 heavy (non-hydrogen) atoms. The number of thiophene rings is 2. The van der Waals surface area contributed by atoms with Gasteiger partial charge >= 0.3 is 0 Å². The lowest BCUT2D eigenvalue weighted by Crippen LogP contribution is -2.61. The number of para-hydroxylation sites is 2. The maximum absolute atomic E-state index is 2.74. The van der Waals surface area contributed by atoms with Crippen LogP contribution in [0.3, 0.4) is 0 Å². The summed E-state index contributed by atoms with van der Waals surface area (Å²) in [6.07, 6.45) is 6.44. The molecule has 0 bridgehead atoms. The first-order valence-corrected chi connectivity index (χ1v) is 29.9. The average molecular weight is 1040 g/mol. The van der Waals surface area contributed by atoms with Crippen molar-refractivity contribution in [3.8, 4) is 16.8 Å². The number of hydrogen-bond acceptors (Lipinski definition) is 4. The van der Waals surface area contributed by atoms with Crippen molar-refractivity contribution in [3.63, 3.8) is 0 Å². The number of nitrogens with zero attached hydrogens (tertiary/aromatic N) is 3. The third-order valence-corrected chi connectivity index (χ3v) is 19.4. The first-order chi connectivity index (χ1) is 38.3. The molecule has 3 nitrogen and oxygen atoms in total. The molecule has 0 radical (unpaired) electrons. The second-order valence-electron chi connectivity index (χ2n) is 22.8. The lowest BCUT2D eigenvalue weighted by molar-refractivity contribution is 0.590. The van der Waals surface area contributed by atoms with Crippen LogP contribution in [0.4, 0.5) is 34.1 Å². The van der Waals surface area contributed by atoms with Crippen molar-refractivity contribution < 1.29 is 0 Å². The monoisotopic (exact) mass is 1040 g/mol. The van der Waals surface area contributed by atoms with Crippen LogP contribution in [0.25, 0.3) is 79.0 Å². The molecule has 2 aliphatic heterocycles. The fraction of sp³-hybridized carbons (Fsp3) is 0.167. The Labute approximate surface area is 465 Å². The molecular formula is C72H60BN3S2. The molecular weight excluding hydrogens is 982 g/mol. The molecule has 0 aliphatic carbocycles. The van der Waals surface area contributed by atoms with Crippen LogP contribution < -0.4 is 26.2 Å². The number of aryl methyl sites for hydroxylation is 2. The summed E-state index contributed by atoms with van der Waals surface area (Å²) in [5.41, 5.74) is 21.7. The van der Waals surface area contributed by atoms with Gasteiger partial charge in [0.2, 0.25) is 0 Å². The number of aromatic nitrogens is 1. The van der Waals surface area contributed by atoms with E-state index < -0.39 is 0 Å². The molecule has 15 rings (SSSR count). The molecule has 0 saturated heterocycles. The quantitative estimate of drug-likeness (QED) is 0.127. The van der Waals surface area contributed by atoms with Crippen LogP contribution >= 0.6 is 22.7 Å². The molecule has 10 aromatic carbocycles. The lowest BCUT2D eigenvalue weighted by Gasteiger charge is -2.46. The zero-order valence-electron chi connectivity index (χ0n) is 45.0. The van der Waals surface area contributed by atoms with E-state index in [0.29, 0.717) is 0 Å². The van der Waals surface area contributed by atoms with Gasteiger partial charge in [0, 0.05) is 90.9 Å². The van der Waals surface area contributed by atoms with Crippen molar-refractivity contribution in [2.24, 2.45) is 0 Å². The van der Waals surface area contributed by atoms with Crippen molar-refractivity contribution in [1.82, 2.24) is 4.57 Å². The molecule has 0 atom stereocenters. The Morgan fingerprint density at radius 2 is 0.923 bits per heavy atom. The van der Waals surface area contributed by atoms with Crippen molar-refractivity contribution >= 4 is 142 Å². The minimum atomic E-state index is -0.169. The molecule has 378 valence electrons. The number of fused-ring (bicyclic) bond motifs is 13. The minimum absolute atomic E-state index is 0.0630. The normalized spacial score (nSPS) is 13.2. The lowest BCUT2D eigenvalue weighted by atomic mass is 9.33. The van der Waals surface area contributed by atoms with E-state index in [1.54, 1.807) is 0 Å². The average Bonchev–Trinajstić information content (AvgIpc) is 3.01. The van der Waals surface area contributed by atoms with Gasteiger partial charge in [0.05, 0.1) is 11.0 Å². The summed E-state index contributed by atoms with van der Waals surface area (Å²) < 4.78 is 7.92. The van der Waals surface area contributed by atoms with Crippen LogP contribution in [0.2, 0.25) is 0 Å². The maximum Gasteiger partial charge on any atom is 0.252 e. The minimum Gasteiger partial charge on any atom is -0.311 e. The molecule has 0 amide bonds. The predicted octanol–water partition coefficient (Wildman–Crippen LogP) is 19.3. The summed E-state index contributed by atoms with van der Waals surface area (Å²) in [5.74, 6) is 0. The van der Waals surface area contributed by atoms with Crippen LogP contribution in [-0.4, -0.2) is 11.3 Å². The summed E-state index contributed by atoms with van der Waals surface area (Å²) in [7, 11) is 0. The Hall–Kier alpha value is -7.90. The molecule has 0 saturated carbocycles. The van der Waals surface area contributed by atoms with Crippen LogP contribution in [-0.2, 0) is 18.3 Å². The number of rotatable bonds is 10. The Kier molecular flexibility index (Phi) is 11.1. The van der Waals surface area contributed by atoms with Crippen molar-refractivity contribution in [3.05, 3.63) is 217 Å². The highest BCUT2D eigenvalue weighted by atomic mass is 32.1. The highest BCUT2D eigenvalue weighted by Crippen LogP contribution is 2.52. The number of hydrogen-bond donors (Lipinski definition) is 0. The molecule has 13 aromatic rings. The summed E-state index contributed by atoms with van der Waals surface area (Å²) in [6.45, 7) is 11.8. The first-order valence-electron chi connectivity index (χ1n) is 28.2. The van der Waals surface area contributed by atoms with Gasteiger partial charge in [0.25, 0.3) is 6.71 Å². The van der Waals surface area contributed by atoms with Gasteiger partial charge in [-0.05, 0) is 154 Å². The van der Waals surface area contributed by atoms with Gasteiger partial charge in [0.15, 0.2) is 0 Å². The van der Waals surface area contributed by atoms with E-state index in [9.17, 15) is 0 Å². The third kappa shape index (κ3) is 7.22. The number of unbranched alkanes of at least 4 members (excludes halogenated alkanes) is 2. The number of anilines is 6. The Bertz CT molecular complexity index is 4500. The van der Waals surface area contributed by atoms with Gasteiger partial charge in [-0.1, -0.05) is 169 Å². The molecule has 0 fully saturated rings. The molecule has 0 N–H and O–H groups in total. The standard InChI is InChI=1S/C72H60BN3S2/c1-6-8-23-51-59(37-39-67-69(51)53-27-15-19-31-65(53)77-67)75-61-36-33-46(45-21-11-10-12-22-45)41-56(61)73-55-35-34-48(74-57-29-17-13-25-49(57)50-26-14-18-30-58(50)74)44-62(55)76(64-43-47(72(3,4)5)42-63(75)71(64)73)60-38-40-68-70(52(60)24-9-7-2)54-28-16-20-32-66(54)78-68/h10-22,25-44H,6-9,23-24H2,1-5H3. The van der Waals surface area contributed by atoms with Gasteiger partial charge < -0.3 is 14.4 Å². The van der Waals surface area contributed by atoms with Gasteiger partial charge in [-0.25, -0.2) is 0 Å². The zero-order chi connectivity index (χ0) is 52.4. The summed E-state index contributed by atoms with van der Waals surface area (Å²) >= 11 is 3.86. The summed E-state index contributed by atoms with van der Waals surface area (Å²) in [4.78, 5) is 5.46. The molecule has 6 heteroatoms. The molecule has 0 unspecified atom stereocenters. The highest BCUT2D eigenvalue weighted by molar-refractivity contribution is 7.26. The molecule has 5 heterocycles. The fourth-order valence-corrected chi connectivity index (χ4v) is 15.7. The van der Waals surface area contributed by atoms with Crippen molar-refractivity contribution in [2.75, 3.05) is 9.80 Å². The van der Waals surface area contributed by atoms with E-state index in [1.807, 2.05) is 22.7 Å². The van der Waals surface area contributed by atoms with Gasteiger partial charge in [-0.3, -0.25) is 0 Å².